The molecular weight excluding hydrogens is 368 g/mol. The van der Waals surface area contributed by atoms with Crippen molar-refractivity contribution in [2.45, 2.75) is 65.2 Å². The van der Waals surface area contributed by atoms with Crippen molar-refractivity contribution in [1.82, 2.24) is 9.97 Å². The summed E-state index contributed by atoms with van der Waals surface area (Å²) >= 11 is 0. The zero-order valence-electron chi connectivity index (χ0n) is 18.4. The van der Waals surface area contributed by atoms with Crippen molar-refractivity contribution in [2.75, 3.05) is 6.61 Å². The Morgan fingerprint density at radius 1 is 0.633 bits per heavy atom. The molecule has 2 aromatic carbocycles. The lowest BCUT2D eigenvalue weighted by Crippen LogP contribution is -1.96. The maximum atomic E-state index is 5.81. The molecule has 1 aromatic heterocycles. The van der Waals surface area contributed by atoms with Crippen LogP contribution in [0.4, 0.5) is 0 Å². The molecule has 30 heavy (non-hydrogen) atoms. The van der Waals surface area contributed by atoms with Gasteiger partial charge in [0.2, 0.25) is 0 Å². The molecule has 0 amide bonds. The van der Waals surface area contributed by atoms with Crippen molar-refractivity contribution in [3.63, 3.8) is 0 Å². The van der Waals surface area contributed by atoms with Crippen LogP contribution < -0.4 is 4.74 Å². The van der Waals surface area contributed by atoms with E-state index in [1.807, 2.05) is 12.4 Å². The Bertz CT molecular complexity index is 780. The molecule has 158 valence electrons. The third kappa shape index (κ3) is 6.69. The predicted octanol–water partition coefficient (Wildman–Crippen LogP) is 7.50. The fourth-order valence-electron chi connectivity index (χ4n) is 3.49. The Kier molecular flexibility index (Phi) is 8.89. The summed E-state index contributed by atoms with van der Waals surface area (Å²) in [4.78, 5) is 9.15. The van der Waals surface area contributed by atoms with Crippen LogP contribution in [-0.2, 0) is 6.42 Å². The summed E-state index contributed by atoms with van der Waals surface area (Å²) in [5.74, 6) is 1.73. The molecular formula is C27H34N2O. The van der Waals surface area contributed by atoms with Crippen LogP contribution in [0.25, 0.3) is 22.5 Å². The quantitative estimate of drug-likeness (QED) is 0.294. The fourth-order valence-corrected chi connectivity index (χ4v) is 3.49. The van der Waals surface area contributed by atoms with Gasteiger partial charge in [-0.3, -0.25) is 0 Å². The van der Waals surface area contributed by atoms with E-state index in [9.17, 15) is 0 Å². The average Bonchev–Trinajstić information content (AvgIpc) is 2.81. The molecule has 0 radical (unpaired) electrons. The molecule has 0 aliphatic rings. The van der Waals surface area contributed by atoms with E-state index in [1.165, 1.54) is 55.2 Å². The molecule has 0 aliphatic heterocycles. The van der Waals surface area contributed by atoms with Gasteiger partial charge in [-0.25, -0.2) is 9.97 Å². The first-order chi connectivity index (χ1) is 14.8. The molecule has 0 fully saturated rings. The number of benzene rings is 2. The first-order valence-corrected chi connectivity index (χ1v) is 11.4. The van der Waals surface area contributed by atoms with Gasteiger partial charge in [-0.05, 0) is 48.1 Å². The van der Waals surface area contributed by atoms with Crippen molar-refractivity contribution in [1.29, 1.82) is 0 Å². The standard InChI is InChI=1S/C27H34N2O/c1-3-5-7-8-10-22-20-28-27(29-21-22)25-13-11-23(12-14-25)24-15-17-26(18-16-24)30-19-9-6-4-2/h11-18,20-21H,3-10,19H2,1-2H3. The molecule has 0 saturated heterocycles. The minimum Gasteiger partial charge on any atom is -0.494 e. The van der Waals surface area contributed by atoms with Crippen LogP contribution in [0.5, 0.6) is 5.75 Å². The van der Waals surface area contributed by atoms with Crippen molar-refractivity contribution in [3.05, 3.63) is 66.5 Å². The largest absolute Gasteiger partial charge is 0.494 e. The van der Waals surface area contributed by atoms with E-state index in [1.54, 1.807) is 0 Å². The second-order valence-electron chi connectivity index (χ2n) is 7.88. The van der Waals surface area contributed by atoms with E-state index in [0.717, 1.165) is 36.6 Å². The van der Waals surface area contributed by atoms with Crippen LogP contribution >= 0.6 is 0 Å². The van der Waals surface area contributed by atoms with Gasteiger partial charge in [-0.1, -0.05) is 82.3 Å². The first kappa shape index (κ1) is 22.0. The molecule has 3 rings (SSSR count). The second-order valence-corrected chi connectivity index (χ2v) is 7.88. The molecule has 0 atom stereocenters. The van der Waals surface area contributed by atoms with E-state index < -0.39 is 0 Å². The summed E-state index contributed by atoms with van der Waals surface area (Å²) in [6.45, 7) is 5.23. The smallest absolute Gasteiger partial charge is 0.159 e. The predicted molar refractivity (Wildman–Crippen MR) is 126 cm³/mol. The zero-order valence-corrected chi connectivity index (χ0v) is 18.4. The second kappa shape index (κ2) is 12.1. The van der Waals surface area contributed by atoms with Gasteiger partial charge in [0.05, 0.1) is 6.61 Å². The van der Waals surface area contributed by atoms with Gasteiger partial charge < -0.3 is 4.74 Å². The summed E-state index contributed by atoms with van der Waals surface area (Å²) in [6, 6.07) is 16.8. The average molecular weight is 403 g/mol. The lowest BCUT2D eigenvalue weighted by atomic mass is 10.0. The SMILES string of the molecule is CCCCCCc1cnc(-c2ccc(-c3ccc(OCCCCC)cc3)cc2)nc1. The molecule has 1 heterocycles. The topological polar surface area (TPSA) is 35.0 Å². The third-order valence-corrected chi connectivity index (χ3v) is 5.37. The maximum Gasteiger partial charge on any atom is 0.159 e. The molecule has 0 N–H and O–H groups in total. The van der Waals surface area contributed by atoms with E-state index in [0.29, 0.717) is 0 Å². The van der Waals surface area contributed by atoms with E-state index in [2.05, 4.69) is 72.3 Å². The van der Waals surface area contributed by atoms with Gasteiger partial charge >= 0.3 is 0 Å². The van der Waals surface area contributed by atoms with Gasteiger partial charge in [-0.15, -0.1) is 0 Å². The highest BCUT2D eigenvalue weighted by Crippen LogP contribution is 2.25. The number of hydrogen-bond acceptors (Lipinski definition) is 3. The highest BCUT2D eigenvalue weighted by atomic mass is 16.5. The van der Waals surface area contributed by atoms with E-state index >= 15 is 0 Å². The minimum absolute atomic E-state index is 0.787. The molecule has 0 unspecified atom stereocenters. The number of aromatic nitrogens is 2. The van der Waals surface area contributed by atoms with Crippen LogP contribution in [-0.4, -0.2) is 16.6 Å². The molecule has 0 aliphatic carbocycles. The van der Waals surface area contributed by atoms with Crippen molar-refractivity contribution in [2.24, 2.45) is 0 Å². The Hall–Kier alpha value is -2.68. The Morgan fingerprint density at radius 2 is 1.20 bits per heavy atom. The Balaban J connectivity index is 1.56. The Labute approximate surface area is 181 Å². The number of ether oxygens (including phenoxy) is 1. The van der Waals surface area contributed by atoms with E-state index in [-0.39, 0.29) is 0 Å². The van der Waals surface area contributed by atoms with Crippen LogP contribution in [0.2, 0.25) is 0 Å². The number of hydrogen-bond donors (Lipinski definition) is 0. The molecule has 0 spiro atoms. The first-order valence-electron chi connectivity index (χ1n) is 11.4. The lowest BCUT2D eigenvalue weighted by molar-refractivity contribution is 0.306. The minimum atomic E-state index is 0.787. The van der Waals surface area contributed by atoms with Gasteiger partial charge in [0.15, 0.2) is 5.82 Å². The molecule has 3 nitrogen and oxygen atoms in total. The highest BCUT2D eigenvalue weighted by molar-refractivity contribution is 5.68. The van der Waals surface area contributed by atoms with Crippen LogP contribution in [0.15, 0.2) is 60.9 Å². The van der Waals surface area contributed by atoms with Gasteiger partial charge in [0.25, 0.3) is 0 Å². The number of rotatable bonds is 12. The monoisotopic (exact) mass is 402 g/mol. The van der Waals surface area contributed by atoms with Crippen molar-refractivity contribution >= 4 is 0 Å². The summed E-state index contributed by atoms with van der Waals surface area (Å²) < 4.78 is 5.81. The van der Waals surface area contributed by atoms with E-state index in [4.69, 9.17) is 4.74 Å². The van der Waals surface area contributed by atoms with Crippen molar-refractivity contribution < 1.29 is 4.74 Å². The number of unbranched alkanes of at least 4 members (excludes halogenated alkanes) is 5. The molecule has 3 aromatic rings. The van der Waals surface area contributed by atoms with Gasteiger partial charge in [-0.2, -0.15) is 0 Å². The summed E-state index contributed by atoms with van der Waals surface area (Å²) in [5.41, 5.74) is 4.64. The van der Waals surface area contributed by atoms with Crippen molar-refractivity contribution in [3.8, 4) is 28.3 Å². The lowest BCUT2D eigenvalue weighted by Gasteiger charge is -2.08. The number of nitrogens with zero attached hydrogens (tertiary/aromatic N) is 2. The zero-order chi connectivity index (χ0) is 21.0. The number of aryl methyl sites for hydroxylation is 1. The summed E-state index contributed by atoms with van der Waals surface area (Å²) in [5, 5.41) is 0. The molecule has 3 heteroatoms. The Morgan fingerprint density at radius 3 is 1.83 bits per heavy atom. The molecule has 0 saturated carbocycles. The molecule has 0 bridgehead atoms. The van der Waals surface area contributed by atoms with Gasteiger partial charge in [0.1, 0.15) is 5.75 Å². The van der Waals surface area contributed by atoms with Gasteiger partial charge in [0, 0.05) is 18.0 Å². The summed E-state index contributed by atoms with van der Waals surface area (Å²) in [7, 11) is 0. The highest BCUT2D eigenvalue weighted by Gasteiger charge is 2.04. The van der Waals surface area contributed by atoms with Crippen LogP contribution in [0.1, 0.15) is 64.4 Å². The van der Waals surface area contributed by atoms with Crippen LogP contribution in [0.3, 0.4) is 0 Å². The maximum absolute atomic E-state index is 5.81. The third-order valence-electron chi connectivity index (χ3n) is 5.37. The summed E-state index contributed by atoms with van der Waals surface area (Å²) in [6.07, 6.45) is 13.6. The fraction of sp³-hybridized carbons (Fsp3) is 0.407. The van der Waals surface area contributed by atoms with Crippen LogP contribution in [0, 0.1) is 0 Å². The normalized spacial score (nSPS) is 10.9.